The molecule has 0 radical (unpaired) electrons. The predicted octanol–water partition coefficient (Wildman–Crippen LogP) is 2.95. The van der Waals surface area contributed by atoms with Crippen molar-refractivity contribution >= 4 is 5.91 Å². The van der Waals surface area contributed by atoms with Crippen LogP contribution in [0.25, 0.3) is 0 Å². The van der Waals surface area contributed by atoms with Crippen molar-refractivity contribution < 1.29 is 9.18 Å². The van der Waals surface area contributed by atoms with E-state index in [0.717, 1.165) is 68.1 Å². The maximum Gasteiger partial charge on any atom is 0.251 e. The Morgan fingerprint density at radius 1 is 1.03 bits per heavy atom. The molecule has 0 aromatic heterocycles. The van der Waals surface area contributed by atoms with Crippen molar-refractivity contribution in [3.05, 3.63) is 70.0 Å². The number of rotatable bonds is 8. The smallest absolute Gasteiger partial charge is 0.251 e. The summed E-state index contributed by atoms with van der Waals surface area (Å²) in [6.07, 6.45) is 0. The predicted molar refractivity (Wildman–Crippen MR) is 144 cm³/mol. The molecule has 0 bridgehead atoms. The summed E-state index contributed by atoms with van der Waals surface area (Å²) in [6.45, 7) is 12.2. The second-order valence-corrected chi connectivity index (χ2v) is 10.8. The van der Waals surface area contributed by atoms with Crippen LogP contribution >= 0.6 is 0 Å². The van der Waals surface area contributed by atoms with Crippen molar-refractivity contribution in [2.24, 2.45) is 0 Å². The van der Waals surface area contributed by atoms with Gasteiger partial charge in [0.05, 0.1) is 0 Å². The molecule has 2 atom stereocenters. The van der Waals surface area contributed by atoms with Gasteiger partial charge in [-0.25, -0.2) is 4.39 Å². The molecular formula is C29H42FN5O. The van der Waals surface area contributed by atoms with E-state index in [0.29, 0.717) is 25.0 Å². The highest BCUT2D eigenvalue weighted by atomic mass is 19.1. The number of carbonyl (C=O) groups is 1. The number of halogens is 1. The minimum atomic E-state index is -0.126. The Balaban J connectivity index is 1.39. The SMILES string of the molecule is Cc1cc([C@H]2CN(Cc3c(C)cccc3F)C[C@@H]2N(C)C)ccc1C(=O)NCCN1CCN(C)CC1. The number of likely N-dealkylation sites (tertiary alicyclic amines) is 1. The molecule has 2 saturated heterocycles. The standard InChI is InChI=1S/C29H42FN5O/c1-21-7-6-8-27(30)25(21)18-35-19-26(28(20-35)32(3)4)23-9-10-24(22(2)17-23)29(36)31-11-12-34-15-13-33(5)14-16-34/h6-10,17,26,28H,11-16,18-20H2,1-5H3,(H,31,36)/t26-,28+/m1/s1. The Morgan fingerprint density at radius 2 is 1.78 bits per heavy atom. The summed E-state index contributed by atoms with van der Waals surface area (Å²) in [4.78, 5) is 22.3. The molecule has 0 aliphatic carbocycles. The molecule has 196 valence electrons. The van der Waals surface area contributed by atoms with E-state index in [9.17, 15) is 9.18 Å². The van der Waals surface area contributed by atoms with Gasteiger partial charge in [0, 0.05) is 82.0 Å². The van der Waals surface area contributed by atoms with Gasteiger partial charge in [0.15, 0.2) is 0 Å². The van der Waals surface area contributed by atoms with Gasteiger partial charge in [-0.15, -0.1) is 0 Å². The molecule has 36 heavy (non-hydrogen) atoms. The average molecular weight is 496 g/mol. The zero-order valence-electron chi connectivity index (χ0n) is 22.6. The second-order valence-electron chi connectivity index (χ2n) is 10.8. The zero-order chi connectivity index (χ0) is 25.8. The Bertz CT molecular complexity index is 1030. The molecule has 1 amide bonds. The van der Waals surface area contributed by atoms with Gasteiger partial charge in [-0.1, -0.05) is 24.3 Å². The highest BCUT2D eigenvalue weighted by Gasteiger charge is 2.35. The normalized spacial score (nSPS) is 21.9. The number of amides is 1. The van der Waals surface area contributed by atoms with Crippen molar-refractivity contribution in [3.63, 3.8) is 0 Å². The molecule has 1 N–H and O–H groups in total. The maximum atomic E-state index is 14.5. The lowest BCUT2D eigenvalue weighted by atomic mass is 9.91. The van der Waals surface area contributed by atoms with Crippen LogP contribution < -0.4 is 5.32 Å². The van der Waals surface area contributed by atoms with Gasteiger partial charge in [0.2, 0.25) is 0 Å². The van der Waals surface area contributed by atoms with E-state index in [1.54, 1.807) is 12.1 Å². The average Bonchev–Trinajstić information content (AvgIpc) is 3.27. The monoisotopic (exact) mass is 495 g/mol. The molecule has 2 aromatic carbocycles. The van der Waals surface area contributed by atoms with Crippen LogP contribution in [0.4, 0.5) is 4.39 Å². The molecule has 2 heterocycles. The van der Waals surface area contributed by atoms with Gasteiger partial charge in [0.25, 0.3) is 5.91 Å². The topological polar surface area (TPSA) is 42.1 Å². The number of nitrogens with zero attached hydrogens (tertiary/aromatic N) is 4. The molecule has 2 fully saturated rings. The van der Waals surface area contributed by atoms with E-state index in [1.807, 2.05) is 26.0 Å². The number of aryl methyl sites for hydroxylation is 2. The first kappa shape index (κ1) is 26.7. The van der Waals surface area contributed by atoms with Gasteiger partial charge in [-0.05, 0) is 63.8 Å². The summed E-state index contributed by atoms with van der Waals surface area (Å²) in [5, 5.41) is 3.11. The molecule has 2 aliphatic heterocycles. The molecule has 0 spiro atoms. The number of nitrogens with one attached hydrogen (secondary N) is 1. The van der Waals surface area contributed by atoms with Gasteiger partial charge >= 0.3 is 0 Å². The van der Waals surface area contributed by atoms with Crippen LogP contribution in [-0.4, -0.2) is 105 Å². The number of hydrogen-bond donors (Lipinski definition) is 1. The summed E-state index contributed by atoms with van der Waals surface area (Å²) < 4.78 is 14.5. The molecule has 0 saturated carbocycles. The highest BCUT2D eigenvalue weighted by Crippen LogP contribution is 2.33. The first-order chi connectivity index (χ1) is 17.2. The van der Waals surface area contributed by atoms with Gasteiger partial charge in [-0.2, -0.15) is 0 Å². The maximum absolute atomic E-state index is 14.5. The number of piperazine rings is 1. The van der Waals surface area contributed by atoms with Crippen LogP contribution in [-0.2, 0) is 6.54 Å². The highest BCUT2D eigenvalue weighted by molar-refractivity contribution is 5.95. The summed E-state index contributed by atoms with van der Waals surface area (Å²) in [5.41, 5.74) is 4.78. The molecule has 0 unspecified atom stereocenters. The van der Waals surface area contributed by atoms with Crippen LogP contribution in [0.2, 0.25) is 0 Å². The molecule has 2 aromatic rings. The second kappa shape index (κ2) is 11.8. The van der Waals surface area contributed by atoms with Crippen LogP contribution in [0.3, 0.4) is 0 Å². The van der Waals surface area contributed by atoms with Crippen molar-refractivity contribution in [2.75, 3.05) is 73.5 Å². The fourth-order valence-corrected chi connectivity index (χ4v) is 5.60. The summed E-state index contributed by atoms with van der Waals surface area (Å²) in [5.74, 6) is 0.180. The van der Waals surface area contributed by atoms with E-state index in [2.05, 4.69) is 58.2 Å². The van der Waals surface area contributed by atoms with Crippen LogP contribution in [0.15, 0.2) is 36.4 Å². The van der Waals surface area contributed by atoms with E-state index in [1.165, 1.54) is 5.56 Å². The largest absolute Gasteiger partial charge is 0.351 e. The minimum absolute atomic E-state index is 0.000383. The lowest BCUT2D eigenvalue weighted by molar-refractivity contribution is 0.0940. The summed E-state index contributed by atoms with van der Waals surface area (Å²) in [7, 11) is 6.38. The van der Waals surface area contributed by atoms with Crippen LogP contribution in [0.5, 0.6) is 0 Å². The van der Waals surface area contributed by atoms with E-state index in [-0.39, 0.29) is 11.7 Å². The fraction of sp³-hybridized carbons (Fsp3) is 0.552. The third kappa shape index (κ3) is 6.32. The first-order valence-electron chi connectivity index (χ1n) is 13.2. The number of likely N-dealkylation sites (N-methyl/N-ethyl adjacent to an activating group) is 2. The van der Waals surface area contributed by atoms with Gasteiger partial charge < -0.3 is 15.1 Å². The summed E-state index contributed by atoms with van der Waals surface area (Å²) in [6, 6.07) is 11.9. The number of benzene rings is 2. The number of carbonyl (C=O) groups excluding carboxylic acids is 1. The Hall–Kier alpha value is -2.32. The molecule has 6 nitrogen and oxygen atoms in total. The van der Waals surface area contributed by atoms with Crippen LogP contribution in [0.1, 0.15) is 38.5 Å². The third-order valence-electron chi connectivity index (χ3n) is 8.00. The molecule has 4 rings (SSSR count). The van der Waals surface area contributed by atoms with E-state index < -0.39 is 0 Å². The Morgan fingerprint density at radius 3 is 2.44 bits per heavy atom. The van der Waals surface area contributed by atoms with Crippen molar-refractivity contribution in [3.8, 4) is 0 Å². The van der Waals surface area contributed by atoms with E-state index in [4.69, 9.17) is 0 Å². The lowest BCUT2D eigenvalue weighted by Crippen LogP contribution is -2.46. The Labute approximate surface area is 216 Å². The Kier molecular flexibility index (Phi) is 8.78. The zero-order valence-corrected chi connectivity index (χ0v) is 22.6. The van der Waals surface area contributed by atoms with Crippen molar-refractivity contribution in [2.45, 2.75) is 32.4 Å². The lowest BCUT2D eigenvalue weighted by Gasteiger charge is -2.32. The van der Waals surface area contributed by atoms with Crippen LogP contribution in [0, 0.1) is 19.7 Å². The molecule has 7 heteroatoms. The minimum Gasteiger partial charge on any atom is -0.351 e. The first-order valence-corrected chi connectivity index (χ1v) is 13.2. The van der Waals surface area contributed by atoms with Gasteiger partial charge in [0.1, 0.15) is 5.82 Å². The van der Waals surface area contributed by atoms with Crippen molar-refractivity contribution in [1.29, 1.82) is 0 Å². The van der Waals surface area contributed by atoms with Crippen molar-refractivity contribution in [1.82, 2.24) is 24.9 Å². The molecular weight excluding hydrogens is 453 g/mol. The summed E-state index contributed by atoms with van der Waals surface area (Å²) >= 11 is 0. The fourth-order valence-electron chi connectivity index (χ4n) is 5.60. The molecule has 2 aliphatic rings. The third-order valence-corrected chi connectivity index (χ3v) is 8.00. The quantitative estimate of drug-likeness (QED) is 0.610. The van der Waals surface area contributed by atoms with Gasteiger partial charge in [-0.3, -0.25) is 14.6 Å². The number of hydrogen-bond acceptors (Lipinski definition) is 5. The van der Waals surface area contributed by atoms with E-state index >= 15 is 0 Å².